The van der Waals surface area contributed by atoms with Gasteiger partial charge in [-0.05, 0) is 23.8 Å². The van der Waals surface area contributed by atoms with Gasteiger partial charge in [0, 0.05) is 13.6 Å². The second-order valence-corrected chi connectivity index (χ2v) is 5.57. The highest BCUT2D eigenvalue weighted by atomic mass is 35.5. The number of nitrogens with zero attached hydrogens (tertiary/aromatic N) is 2. The Morgan fingerprint density at radius 2 is 1.95 bits per heavy atom. The van der Waals surface area contributed by atoms with Crippen LogP contribution in [-0.4, -0.2) is 22.8 Å². The summed E-state index contributed by atoms with van der Waals surface area (Å²) in [6, 6.07) is 6.12. The third-order valence-electron chi connectivity index (χ3n) is 2.79. The van der Waals surface area contributed by atoms with E-state index in [1.165, 1.54) is 4.90 Å². The molecule has 1 amide bonds. The van der Waals surface area contributed by atoms with E-state index in [9.17, 15) is 9.18 Å². The van der Waals surface area contributed by atoms with Crippen LogP contribution in [0.3, 0.4) is 0 Å². The Balaban J connectivity index is 2.19. The molecular weight excluding hydrogens is 338 g/mol. The highest BCUT2D eigenvalue weighted by molar-refractivity contribution is 6.42. The lowest BCUT2D eigenvalue weighted by Gasteiger charge is -2.18. The Morgan fingerprint density at radius 3 is 2.62 bits per heavy atom. The molecule has 1 aromatic carbocycles. The third kappa shape index (κ3) is 3.84. The van der Waals surface area contributed by atoms with Crippen molar-refractivity contribution in [3.05, 3.63) is 62.6 Å². The van der Waals surface area contributed by atoms with Crippen LogP contribution in [0.25, 0.3) is 0 Å². The number of amides is 1. The average Bonchev–Trinajstić information content (AvgIpc) is 2.44. The molecule has 0 bridgehead atoms. The summed E-state index contributed by atoms with van der Waals surface area (Å²) in [4.78, 5) is 17.3. The van der Waals surface area contributed by atoms with Crippen molar-refractivity contribution in [2.75, 3.05) is 7.05 Å². The molecule has 0 aliphatic carbocycles. The second kappa shape index (κ2) is 6.60. The highest BCUT2D eigenvalue weighted by Gasteiger charge is 2.17. The number of carbonyl (C=O) groups excluding carboxylic acids is 1. The molecule has 0 spiro atoms. The number of halogens is 4. The molecule has 2 rings (SSSR count). The van der Waals surface area contributed by atoms with Crippen LogP contribution in [0, 0.1) is 5.82 Å². The number of benzene rings is 1. The Labute approximate surface area is 136 Å². The maximum Gasteiger partial charge on any atom is 0.257 e. The fraction of sp³-hybridized carbons (Fsp3) is 0.143. The van der Waals surface area contributed by atoms with Crippen LogP contribution >= 0.6 is 34.8 Å². The van der Waals surface area contributed by atoms with Crippen molar-refractivity contribution < 1.29 is 9.18 Å². The van der Waals surface area contributed by atoms with Crippen molar-refractivity contribution in [2.24, 2.45) is 0 Å². The van der Waals surface area contributed by atoms with Gasteiger partial charge < -0.3 is 4.90 Å². The number of hydrogen-bond acceptors (Lipinski definition) is 2. The number of rotatable bonds is 3. The van der Waals surface area contributed by atoms with Crippen molar-refractivity contribution in [1.29, 1.82) is 0 Å². The normalized spacial score (nSPS) is 10.5. The average molecular weight is 348 g/mol. The summed E-state index contributed by atoms with van der Waals surface area (Å²) in [5, 5.41) is 0.801. The number of carbonyl (C=O) groups is 1. The first-order valence-corrected chi connectivity index (χ1v) is 7.02. The van der Waals surface area contributed by atoms with Crippen LogP contribution in [0.2, 0.25) is 15.2 Å². The number of pyridine rings is 1. The minimum absolute atomic E-state index is 0.0132. The van der Waals surface area contributed by atoms with Crippen LogP contribution in [0.15, 0.2) is 30.5 Å². The van der Waals surface area contributed by atoms with Crippen molar-refractivity contribution in [3.63, 3.8) is 0 Å². The summed E-state index contributed by atoms with van der Waals surface area (Å²) in [5.74, 6) is -1.05. The summed E-state index contributed by atoms with van der Waals surface area (Å²) < 4.78 is 13.2. The van der Waals surface area contributed by atoms with Crippen LogP contribution < -0.4 is 0 Å². The van der Waals surface area contributed by atoms with E-state index in [-0.39, 0.29) is 17.3 Å². The monoisotopic (exact) mass is 346 g/mol. The van der Waals surface area contributed by atoms with E-state index in [4.69, 9.17) is 34.8 Å². The fourth-order valence-corrected chi connectivity index (χ4v) is 2.27. The van der Waals surface area contributed by atoms with Gasteiger partial charge in [-0.15, -0.1) is 0 Å². The maximum absolute atomic E-state index is 13.2. The maximum atomic E-state index is 13.2. The van der Waals surface area contributed by atoms with Gasteiger partial charge in [-0.25, -0.2) is 9.37 Å². The molecule has 0 saturated heterocycles. The summed E-state index contributed by atoms with van der Waals surface area (Å²) in [5.41, 5.74) is 0.806. The predicted octanol–water partition coefficient (Wildman–Crippen LogP) is 4.45. The van der Waals surface area contributed by atoms with Crippen LogP contribution in [0.4, 0.5) is 4.39 Å². The predicted molar refractivity (Wildman–Crippen MR) is 81.5 cm³/mol. The molecule has 0 atom stereocenters. The Bertz CT molecular complexity index is 694. The van der Waals surface area contributed by atoms with Crippen molar-refractivity contribution in [3.8, 4) is 0 Å². The number of aromatic nitrogens is 1. The van der Waals surface area contributed by atoms with E-state index in [0.29, 0.717) is 10.0 Å². The molecule has 0 radical (unpaired) electrons. The molecule has 0 saturated carbocycles. The van der Waals surface area contributed by atoms with E-state index >= 15 is 0 Å². The lowest BCUT2D eigenvalue weighted by Crippen LogP contribution is -2.26. The van der Waals surface area contributed by atoms with Gasteiger partial charge in [-0.2, -0.15) is 0 Å². The topological polar surface area (TPSA) is 33.2 Å². The summed E-state index contributed by atoms with van der Waals surface area (Å²) >= 11 is 17.6. The standard InChI is InChI=1S/C14H10Cl3FN2O/c1-20(7-8-2-3-11(15)12(16)4-8)14(21)10-5-9(18)6-19-13(10)17/h2-6H,7H2,1H3. The first-order valence-electron chi connectivity index (χ1n) is 5.89. The zero-order valence-electron chi connectivity index (χ0n) is 10.9. The van der Waals surface area contributed by atoms with Gasteiger partial charge in [0.25, 0.3) is 5.91 Å². The Kier molecular flexibility index (Phi) is 5.04. The van der Waals surface area contributed by atoms with E-state index in [0.717, 1.165) is 17.8 Å². The van der Waals surface area contributed by atoms with Crippen molar-refractivity contribution in [2.45, 2.75) is 6.54 Å². The lowest BCUT2D eigenvalue weighted by atomic mass is 10.2. The molecule has 110 valence electrons. The third-order valence-corrected chi connectivity index (χ3v) is 3.83. The Hall–Kier alpha value is -1.36. The van der Waals surface area contributed by atoms with Gasteiger partial charge >= 0.3 is 0 Å². The molecule has 3 nitrogen and oxygen atoms in total. The zero-order chi connectivity index (χ0) is 15.6. The zero-order valence-corrected chi connectivity index (χ0v) is 13.2. The van der Waals surface area contributed by atoms with E-state index in [2.05, 4.69) is 4.98 Å². The highest BCUT2D eigenvalue weighted by Crippen LogP contribution is 2.23. The molecule has 1 heterocycles. The molecular formula is C14H10Cl3FN2O. The smallest absolute Gasteiger partial charge is 0.257 e. The molecule has 2 aromatic rings. The van der Waals surface area contributed by atoms with Crippen LogP contribution in [0.5, 0.6) is 0 Å². The van der Waals surface area contributed by atoms with E-state index in [1.807, 2.05) is 0 Å². The summed E-state index contributed by atoms with van der Waals surface area (Å²) in [7, 11) is 1.58. The molecule has 0 aliphatic heterocycles. The molecule has 7 heteroatoms. The van der Waals surface area contributed by atoms with Gasteiger partial charge in [0.15, 0.2) is 0 Å². The van der Waals surface area contributed by atoms with Gasteiger partial charge in [0.2, 0.25) is 0 Å². The SMILES string of the molecule is CN(Cc1ccc(Cl)c(Cl)c1)C(=O)c1cc(F)cnc1Cl. The van der Waals surface area contributed by atoms with Crippen LogP contribution in [0.1, 0.15) is 15.9 Å². The minimum atomic E-state index is -0.620. The Morgan fingerprint density at radius 1 is 1.24 bits per heavy atom. The quantitative estimate of drug-likeness (QED) is 0.768. The second-order valence-electron chi connectivity index (χ2n) is 4.40. The van der Waals surface area contributed by atoms with Gasteiger partial charge in [0.1, 0.15) is 11.0 Å². The molecule has 0 fully saturated rings. The van der Waals surface area contributed by atoms with Crippen molar-refractivity contribution >= 4 is 40.7 Å². The van der Waals surface area contributed by atoms with E-state index in [1.54, 1.807) is 25.2 Å². The van der Waals surface area contributed by atoms with Crippen LogP contribution in [-0.2, 0) is 6.54 Å². The lowest BCUT2D eigenvalue weighted by molar-refractivity contribution is 0.0784. The first kappa shape index (κ1) is 16.0. The summed E-state index contributed by atoms with van der Waals surface area (Å²) in [6.07, 6.45) is 0.956. The molecule has 21 heavy (non-hydrogen) atoms. The van der Waals surface area contributed by atoms with Gasteiger partial charge in [-0.1, -0.05) is 40.9 Å². The number of hydrogen-bond donors (Lipinski definition) is 0. The largest absolute Gasteiger partial charge is 0.337 e. The molecule has 1 aromatic heterocycles. The summed E-state index contributed by atoms with van der Waals surface area (Å²) in [6.45, 7) is 0.280. The minimum Gasteiger partial charge on any atom is -0.337 e. The van der Waals surface area contributed by atoms with Gasteiger partial charge in [-0.3, -0.25) is 4.79 Å². The van der Waals surface area contributed by atoms with Gasteiger partial charge in [0.05, 0.1) is 21.8 Å². The fourth-order valence-electron chi connectivity index (χ4n) is 1.76. The van der Waals surface area contributed by atoms with E-state index < -0.39 is 11.7 Å². The molecule has 0 N–H and O–H groups in total. The first-order chi connectivity index (χ1) is 9.88. The molecule has 0 aliphatic rings. The molecule has 0 unspecified atom stereocenters. The van der Waals surface area contributed by atoms with Crippen molar-refractivity contribution in [1.82, 2.24) is 9.88 Å².